The highest BCUT2D eigenvalue weighted by molar-refractivity contribution is 6.36. The van der Waals surface area contributed by atoms with Crippen molar-refractivity contribution in [2.75, 3.05) is 0 Å². The molecule has 0 aliphatic rings. The SMILES string of the molecule is Cc1ccc(Cl)c2c(C=O)c[nH]c12. The van der Waals surface area contributed by atoms with Crippen LogP contribution in [0.3, 0.4) is 0 Å². The Balaban J connectivity index is 2.95. The normalized spacial score (nSPS) is 10.6. The highest BCUT2D eigenvalue weighted by Gasteiger charge is 2.07. The highest BCUT2D eigenvalue weighted by Crippen LogP contribution is 2.27. The molecule has 1 aromatic heterocycles. The molecule has 0 saturated heterocycles. The third-order valence-corrected chi connectivity index (χ3v) is 2.47. The van der Waals surface area contributed by atoms with Crippen LogP contribution in [0.15, 0.2) is 18.3 Å². The van der Waals surface area contributed by atoms with Crippen LogP contribution < -0.4 is 0 Å². The number of hydrogen-bond donors (Lipinski definition) is 1. The van der Waals surface area contributed by atoms with E-state index in [4.69, 9.17) is 11.6 Å². The number of fused-ring (bicyclic) bond motifs is 1. The zero-order chi connectivity index (χ0) is 9.42. The van der Waals surface area contributed by atoms with Gasteiger partial charge in [-0.1, -0.05) is 17.7 Å². The number of aromatic amines is 1. The molecule has 0 spiro atoms. The van der Waals surface area contributed by atoms with Gasteiger partial charge in [-0.15, -0.1) is 0 Å². The molecule has 1 aromatic carbocycles. The lowest BCUT2D eigenvalue weighted by Crippen LogP contribution is -1.79. The molecule has 0 saturated carbocycles. The fourth-order valence-electron chi connectivity index (χ4n) is 1.46. The van der Waals surface area contributed by atoms with Gasteiger partial charge in [-0.3, -0.25) is 4.79 Å². The van der Waals surface area contributed by atoms with E-state index in [1.165, 1.54) is 0 Å². The average Bonchev–Trinajstić information content (AvgIpc) is 2.56. The second kappa shape index (κ2) is 2.89. The van der Waals surface area contributed by atoms with Gasteiger partial charge in [0.1, 0.15) is 0 Å². The summed E-state index contributed by atoms with van der Waals surface area (Å²) in [5.41, 5.74) is 2.64. The Hall–Kier alpha value is -1.28. The van der Waals surface area contributed by atoms with E-state index in [-0.39, 0.29) is 0 Å². The number of hydrogen-bond acceptors (Lipinski definition) is 1. The lowest BCUT2D eigenvalue weighted by atomic mass is 10.1. The molecule has 2 nitrogen and oxygen atoms in total. The number of nitrogens with one attached hydrogen (secondary N) is 1. The molecule has 2 aromatic rings. The molecule has 0 atom stereocenters. The summed E-state index contributed by atoms with van der Waals surface area (Å²) >= 11 is 5.98. The van der Waals surface area contributed by atoms with Crippen molar-refractivity contribution < 1.29 is 4.79 Å². The number of aldehydes is 1. The van der Waals surface area contributed by atoms with Crippen LogP contribution in [0.4, 0.5) is 0 Å². The summed E-state index contributed by atoms with van der Waals surface area (Å²) in [6.45, 7) is 1.98. The average molecular weight is 194 g/mol. The van der Waals surface area contributed by atoms with Gasteiger partial charge in [0.2, 0.25) is 0 Å². The third-order valence-electron chi connectivity index (χ3n) is 2.15. The minimum atomic E-state index is 0.615. The predicted octanol–water partition coefficient (Wildman–Crippen LogP) is 2.94. The van der Waals surface area contributed by atoms with Crippen molar-refractivity contribution in [1.29, 1.82) is 0 Å². The molecule has 0 amide bonds. The number of rotatable bonds is 1. The summed E-state index contributed by atoms with van der Waals surface area (Å²) < 4.78 is 0. The number of H-pyrrole nitrogens is 1. The zero-order valence-electron chi connectivity index (χ0n) is 7.10. The Labute approximate surface area is 80.5 Å². The second-order valence-electron chi connectivity index (χ2n) is 2.98. The Bertz CT molecular complexity index is 473. The zero-order valence-corrected chi connectivity index (χ0v) is 7.85. The summed E-state index contributed by atoms with van der Waals surface area (Å²) in [6, 6.07) is 3.73. The molecule has 13 heavy (non-hydrogen) atoms. The largest absolute Gasteiger partial charge is 0.360 e. The van der Waals surface area contributed by atoms with Crippen molar-refractivity contribution >= 4 is 28.8 Å². The van der Waals surface area contributed by atoms with Gasteiger partial charge in [-0.05, 0) is 18.6 Å². The molecule has 0 aliphatic carbocycles. The molecule has 2 rings (SSSR count). The van der Waals surface area contributed by atoms with E-state index < -0.39 is 0 Å². The number of benzene rings is 1. The van der Waals surface area contributed by atoms with Crippen LogP contribution in [0.5, 0.6) is 0 Å². The smallest absolute Gasteiger partial charge is 0.152 e. The molecule has 1 heterocycles. The Morgan fingerprint density at radius 1 is 1.46 bits per heavy atom. The van der Waals surface area contributed by atoms with E-state index >= 15 is 0 Å². The summed E-state index contributed by atoms with van der Waals surface area (Å²) in [5.74, 6) is 0. The maximum absolute atomic E-state index is 10.7. The molecule has 0 unspecified atom stereocenters. The number of aryl methyl sites for hydroxylation is 1. The van der Waals surface area contributed by atoms with Crippen LogP contribution in [0.25, 0.3) is 10.9 Å². The number of aromatic nitrogens is 1. The van der Waals surface area contributed by atoms with Crippen molar-refractivity contribution in [2.24, 2.45) is 0 Å². The molecule has 0 aliphatic heterocycles. The Morgan fingerprint density at radius 3 is 2.92 bits per heavy atom. The van der Waals surface area contributed by atoms with Crippen LogP contribution in [0.1, 0.15) is 15.9 Å². The topological polar surface area (TPSA) is 32.9 Å². The monoisotopic (exact) mass is 193 g/mol. The first-order chi connectivity index (χ1) is 6.24. The van der Waals surface area contributed by atoms with E-state index in [2.05, 4.69) is 4.98 Å². The van der Waals surface area contributed by atoms with Gasteiger partial charge in [0, 0.05) is 17.1 Å². The van der Waals surface area contributed by atoms with E-state index in [0.717, 1.165) is 22.8 Å². The summed E-state index contributed by atoms with van der Waals surface area (Å²) in [5, 5.41) is 1.43. The molecular weight excluding hydrogens is 186 g/mol. The second-order valence-corrected chi connectivity index (χ2v) is 3.38. The van der Waals surface area contributed by atoms with Crippen LogP contribution in [0, 0.1) is 6.92 Å². The summed E-state index contributed by atoms with van der Waals surface area (Å²) in [4.78, 5) is 13.7. The molecule has 0 radical (unpaired) electrons. The van der Waals surface area contributed by atoms with Gasteiger partial charge in [0.05, 0.1) is 10.5 Å². The standard InChI is InChI=1S/C10H8ClNO/c1-6-2-3-8(11)9-7(5-13)4-12-10(6)9/h2-5,12H,1H3. The van der Waals surface area contributed by atoms with Crippen LogP contribution in [-0.2, 0) is 0 Å². The van der Waals surface area contributed by atoms with E-state index in [1.807, 2.05) is 13.0 Å². The lowest BCUT2D eigenvalue weighted by Gasteiger charge is -1.98. The van der Waals surface area contributed by atoms with Gasteiger partial charge < -0.3 is 4.98 Å². The van der Waals surface area contributed by atoms with Crippen LogP contribution >= 0.6 is 11.6 Å². The van der Waals surface area contributed by atoms with Gasteiger partial charge in [0.15, 0.2) is 6.29 Å². The van der Waals surface area contributed by atoms with Crippen LogP contribution in [-0.4, -0.2) is 11.3 Å². The fourth-order valence-corrected chi connectivity index (χ4v) is 1.73. The summed E-state index contributed by atoms with van der Waals surface area (Å²) in [6.07, 6.45) is 2.49. The quantitative estimate of drug-likeness (QED) is 0.694. The first-order valence-electron chi connectivity index (χ1n) is 3.95. The first-order valence-corrected chi connectivity index (χ1v) is 4.33. The van der Waals surface area contributed by atoms with E-state index in [0.29, 0.717) is 10.6 Å². The number of carbonyl (C=O) groups is 1. The van der Waals surface area contributed by atoms with Crippen molar-refractivity contribution in [1.82, 2.24) is 4.98 Å². The minimum Gasteiger partial charge on any atom is -0.360 e. The molecule has 0 bridgehead atoms. The number of carbonyl (C=O) groups excluding carboxylic acids is 1. The van der Waals surface area contributed by atoms with Crippen molar-refractivity contribution in [2.45, 2.75) is 6.92 Å². The molecule has 0 fully saturated rings. The van der Waals surface area contributed by atoms with Crippen molar-refractivity contribution in [3.8, 4) is 0 Å². The fraction of sp³-hybridized carbons (Fsp3) is 0.100. The van der Waals surface area contributed by atoms with Gasteiger partial charge >= 0.3 is 0 Å². The maximum atomic E-state index is 10.7. The summed E-state index contributed by atoms with van der Waals surface area (Å²) in [7, 11) is 0. The van der Waals surface area contributed by atoms with Crippen LogP contribution in [0.2, 0.25) is 5.02 Å². The predicted molar refractivity (Wildman–Crippen MR) is 53.4 cm³/mol. The minimum absolute atomic E-state index is 0.615. The van der Waals surface area contributed by atoms with Gasteiger partial charge in [0.25, 0.3) is 0 Å². The third kappa shape index (κ3) is 1.14. The van der Waals surface area contributed by atoms with E-state index in [1.54, 1.807) is 12.3 Å². The highest BCUT2D eigenvalue weighted by atomic mass is 35.5. The molecule has 66 valence electrons. The number of halogens is 1. The first kappa shape index (κ1) is 8.32. The van der Waals surface area contributed by atoms with E-state index in [9.17, 15) is 4.79 Å². The Kier molecular flexibility index (Phi) is 1.85. The maximum Gasteiger partial charge on any atom is 0.152 e. The molecule has 3 heteroatoms. The molecular formula is C10H8ClNO. The van der Waals surface area contributed by atoms with Crippen molar-refractivity contribution in [3.05, 3.63) is 34.5 Å². The molecule has 1 N–H and O–H groups in total. The van der Waals surface area contributed by atoms with Gasteiger partial charge in [-0.25, -0.2) is 0 Å². The van der Waals surface area contributed by atoms with Crippen molar-refractivity contribution in [3.63, 3.8) is 0 Å². The van der Waals surface area contributed by atoms with Gasteiger partial charge in [-0.2, -0.15) is 0 Å². The Morgan fingerprint density at radius 2 is 2.23 bits per heavy atom. The lowest BCUT2D eigenvalue weighted by molar-refractivity contribution is 0.112.